The summed E-state index contributed by atoms with van der Waals surface area (Å²) in [6.45, 7) is 8.63. The molecule has 2 aromatic carbocycles. The molecule has 11 heteroatoms. The zero-order valence-electron chi connectivity index (χ0n) is 33.7. The number of nitriles is 1. The van der Waals surface area contributed by atoms with E-state index in [2.05, 4.69) is 123 Å². The number of tetrazole rings is 1. The first-order valence-corrected chi connectivity index (χ1v) is 21.4. The van der Waals surface area contributed by atoms with Crippen LogP contribution in [-0.4, -0.2) is 76.4 Å². The monoisotopic (exact) mass is 765 g/mol. The van der Waals surface area contributed by atoms with Gasteiger partial charge in [0.2, 0.25) is 11.8 Å². The third-order valence-electron chi connectivity index (χ3n) is 15.4. The highest BCUT2D eigenvalue weighted by Gasteiger charge is 2.58. The number of carbonyl (C=O) groups excluding carboxylic acids is 2. The molecule has 5 aromatic rings. The molecule has 4 aliphatic carbocycles. The number of carbonyl (C=O) groups is 2. The number of hydrogen-bond acceptors (Lipinski definition) is 6. The van der Waals surface area contributed by atoms with Gasteiger partial charge in [0.25, 0.3) is 0 Å². The fourth-order valence-electron chi connectivity index (χ4n) is 13.4. The largest absolute Gasteiger partial charge is 0.361 e. The van der Waals surface area contributed by atoms with Gasteiger partial charge in [-0.05, 0) is 136 Å². The van der Waals surface area contributed by atoms with E-state index >= 15 is 0 Å². The van der Waals surface area contributed by atoms with E-state index in [1.54, 1.807) is 0 Å². The van der Waals surface area contributed by atoms with Gasteiger partial charge in [-0.1, -0.05) is 43.3 Å². The molecule has 57 heavy (non-hydrogen) atoms. The molecule has 6 unspecified atom stereocenters. The SMILES string of the molecule is Cc1cccc2[nH]cc(C(C)CC(=O)N3C4CC5CC3CC(C#N)(C5)C4)c12.Cc1cccc2[nH]cc(C(C)CC(=O)N3C4CC5CC3CC(c3nn[nH]n3)(C5)C4)c12. The summed E-state index contributed by atoms with van der Waals surface area (Å²) in [7, 11) is 0. The van der Waals surface area contributed by atoms with Crippen LogP contribution in [0.25, 0.3) is 21.8 Å². The summed E-state index contributed by atoms with van der Waals surface area (Å²) >= 11 is 0. The van der Waals surface area contributed by atoms with Crippen molar-refractivity contribution in [2.75, 3.05) is 0 Å². The van der Waals surface area contributed by atoms with Gasteiger partial charge in [-0.3, -0.25) is 9.59 Å². The Balaban J connectivity index is 0.000000140. The minimum absolute atomic E-state index is 0.0137. The maximum Gasteiger partial charge on any atom is 0.223 e. The number of H-pyrrole nitrogens is 3. The summed E-state index contributed by atoms with van der Waals surface area (Å²) in [5, 5.41) is 27.4. The van der Waals surface area contributed by atoms with Crippen LogP contribution >= 0.6 is 0 Å². The van der Waals surface area contributed by atoms with Gasteiger partial charge in [-0.25, -0.2) is 0 Å². The van der Waals surface area contributed by atoms with Gasteiger partial charge in [0.05, 0.1) is 11.5 Å². The Morgan fingerprint density at radius 1 is 0.754 bits per heavy atom. The molecule has 4 saturated heterocycles. The van der Waals surface area contributed by atoms with Gasteiger partial charge in [0, 0.05) is 76.6 Å². The van der Waals surface area contributed by atoms with Crippen LogP contribution in [0.15, 0.2) is 48.8 Å². The van der Waals surface area contributed by atoms with Crippen molar-refractivity contribution in [3.8, 4) is 6.07 Å². The average Bonchev–Trinajstić information content (AvgIpc) is 3.96. The number of nitrogens with zero attached hydrogens (tertiary/aromatic N) is 6. The minimum atomic E-state index is -0.146. The summed E-state index contributed by atoms with van der Waals surface area (Å²) in [6.07, 6.45) is 15.7. The quantitative estimate of drug-likeness (QED) is 0.152. The molecule has 4 aliphatic heterocycles. The molecular formula is C46H55N9O2. The fourth-order valence-corrected chi connectivity index (χ4v) is 13.4. The van der Waals surface area contributed by atoms with E-state index in [9.17, 15) is 14.9 Å². The predicted molar refractivity (Wildman–Crippen MR) is 218 cm³/mol. The van der Waals surface area contributed by atoms with Crippen LogP contribution in [0.3, 0.4) is 0 Å². The van der Waals surface area contributed by atoms with Crippen LogP contribution in [0.2, 0.25) is 0 Å². The first-order valence-electron chi connectivity index (χ1n) is 21.4. The van der Waals surface area contributed by atoms with E-state index in [0.29, 0.717) is 54.8 Å². The molecule has 7 heterocycles. The lowest BCUT2D eigenvalue weighted by molar-refractivity contribution is -0.154. The van der Waals surface area contributed by atoms with E-state index in [-0.39, 0.29) is 28.6 Å². The Hall–Kier alpha value is -4.98. The van der Waals surface area contributed by atoms with Gasteiger partial charge in [0.1, 0.15) is 0 Å². The third-order valence-corrected chi connectivity index (χ3v) is 15.4. The first-order chi connectivity index (χ1) is 27.5. The minimum Gasteiger partial charge on any atom is -0.361 e. The van der Waals surface area contributed by atoms with Crippen molar-refractivity contribution in [2.24, 2.45) is 17.3 Å². The van der Waals surface area contributed by atoms with E-state index in [1.165, 1.54) is 33.0 Å². The maximum absolute atomic E-state index is 13.5. The van der Waals surface area contributed by atoms with Gasteiger partial charge in [0.15, 0.2) is 5.82 Å². The number of piperidine rings is 4. The summed E-state index contributed by atoms with van der Waals surface area (Å²) in [4.78, 5) is 38.0. The van der Waals surface area contributed by atoms with Crippen molar-refractivity contribution < 1.29 is 9.59 Å². The van der Waals surface area contributed by atoms with Crippen LogP contribution in [0, 0.1) is 42.4 Å². The van der Waals surface area contributed by atoms with Crippen molar-refractivity contribution in [2.45, 2.75) is 146 Å². The van der Waals surface area contributed by atoms with Gasteiger partial charge in [-0.15, -0.1) is 10.2 Å². The summed E-state index contributed by atoms with van der Waals surface area (Å²) < 4.78 is 0. The second kappa shape index (κ2) is 13.6. The van der Waals surface area contributed by atoms with Gasteiger partial charge >= 0.3 is 0 Å². The van der Waals surface area contributed by atoms with E-state index < -0.39 is 0 Å². The van der Waals surface area contributed by atoms with Crippen LogP contribution in [0.4, 0.5) is 0 Å². The zero-order valence-corrected chi connectivity index (χ0v) is 33.7. The molecule has 8 aliphatic rings. The summed E-state index contributed by atoms with van der Waals surface area (Å²) in [5.74, 6) is 3.16. The van der Waals surface area contributed by atoms with Crippen LogP contribution < -0.4 is 0 Å². The topological polar surface area (TPSA) is 150 Å². The van der Waals surface area contributed by atoms with Crippen molar-refractivity contribution in [3.63, 3.8) is 0 Å². The van der Waals surface area contributed by atoms with Crippen LogP contribution in [0.5, 0.6) is 0 Å². The molecule has 0 spiro atoms. The molecule has 0 radical (unpaired) electrons. The van der Waals surface area contributed by atoms with Crippen LogP contribution in [-0.2, 0) is 15.0 Å². The predicted octanol–water partition coefficient (Wildman–Crippen LogP) is 8.25. The average molecular weight is 766 g/mol. The van der Waals surface area contributed by atoms with Gasteiger partial charge in [-0.2, -0.15) is 10.5 Å². The smallest absolute Gasteiger partial charge is 0.223 e. The number of rotatable bonds is 7. The highest BCUT2D eigenvalue weighted by molar-refractivity contribution is 5.89. The maximum atomic E-state index is 13.5. The van der Waals surface area contributed by atoms with Gasteiger partial charge < -0.3 is 19.8 Å². The van der Waals surface area contributed by atoms with Crippen molar-refractivity contribution in [3.05, 3.63) is 76.9 Å². The number of hydrogen-bond donors (Lipinski definition) is 3. The number of aromatic amines is 3. The molecular weight excluding hydrogens is 711 g/mol. The molecule has 6 atom stereocenters. The van der Waals surface area contributed by atoms with Crippen molar-refractivity contribution in [1.82, 2.24) is 40.4 Å². The molecule has 4 saturated carbocycles. The van der Waals surface area contributed by atoms with E-state index in [4.69, 9.17) is 0 Å². The zero-order chi connectivity index (χ0) is 39.2. The molecule has 3 N–H and O–H groups in total. The summed E-state index contributed by atoms with van der Waals surface area (Å²) in [6, 6.07) is 16.5. The lowest BCUT2D eigenvalue weighted by Gasteiger charge is -2.60. The van der Waals surface area contributed by atoms with Crippen molar-refractivity contribution in [1.29, 1.82) is 5.26 Å². The Labute approximate surface area is 334 Å². The number of benzene rings is 2. The number of fused-ring (bicyclic) bond motifs is 2. The number of nitrogens with one attached hydrogen (secondary N) is 3. The third kappa shape index (κ3) is 5.99. The Morgan fingerprint density at radius 2 is 1.25 bits per heavy atom. The number of aromatic nitrogens is 6. The van der Waals surface area contributed by atoms with Crippen molar-refractivity contribution >= 4 is 33.6 Å². The fraction of sp³-hybridized carbons (Fsp3) is 0.565. The molecule has 296 valence electrons. The first kappa shape index (κ1) is 36.4. The second-order valence-electron chi connectivity index (χ2n) is 19.2. The van der Waals surface area contributed by atoms with E-state index in [1.807, 2.05) is 0 Å². The molecule has 3 aromatic heterocycles. The molecule has 13 rings (SSSR count). The standard InChI is InChI=1S/C23H28N6O.C23H27N3O/c1-13-4-3-5-19-21(13)18(12-24-19)14(2)6-20(30)29-16-7-15-8-17(29)11-23(9-15,10-16)22-25-27-28-26-22;1-14-4-3-5-20-22(14)19(12-25-20)15(2)6-21(27)26-17-7-16-8-18(26)11-23(9-16,10-17)13-24/h3-5,12,14-17,24H,6-11H2,1-2H3,(H,25,26,27,28);3-5,12,15-18,25H,6-11H2,1-2H3. The number of amides is 2. The highest BCUT2D eigenvalue weighted by atomic mass is 16.2. The van der Waals surface area contributed by atoms with Crippen LogP contribution in [0.1, 0.15) is 131 Å². The molecule has 8 bridgehead atoms. The summed E-state index contributed by atoms with van der Waals surface area (Å²) in [5.41, 5.74) is 7.19. The number of aryl methyl sites for hydroxylation is 2. The highest BCUT2D eigenvalue weighted by Crippen LogP contribution is 2.57. The lowest BCUT2D eigenvalue weighted by Crippen LogP contribution is -2.64. The Bertz CT molecular complexity index is 2350. The molecule has 11 nitrogen and oxygen atoms in total. The Morgan fingerprint density at radius 3 is 1.72 bits per heavy atom. The second-order valence-corrected chi connectivity index (χ2v) is 19.2. The Kier molecular flexibility index (Phi) is 8.65. The molecule has 8 fully saturated rings. The normalized spacial score (nSPS) is 31.7. The van der Waals surface area contributed by atoms with E-state index in [0.717, 1.165) is 81.1 Å². The molecule has 2 amide bonds. The lowest BCUT2D eigenvalue weighted by atomic mass is 9.55.